The number of allylic oxidation sites excluding steroid dienone is 2. The molecule has 0 amide bonds. The fraction of sp³-hybridized carbons (Fsp3) is 0.0667. The monoisotopic (exact) mass is 558 g/mol. The molecule has 5 aromatic rings. The molecule has 0 aliphatic heterocycles. The number of carbonyl (C=O) groups excluding carboxylic acids is 1. The van der Waals surface area contributed by atoms with E-state index in [1.54, 1.807) is 53.5 Å². The van der Waals surface area contributed by atoms with E-state index in [-0.39, 0.29) is 18.0 Å². The molecule has 200 valence electrons. The quantitative estimate of drug-likeness (QED) is 0.189. The molecule has 0 radical (unpaired) electrons. The average molecular weight is 559 g/mol. The van der Waals surface area contributed by atoms with Crippen LogP contribution in [0, 0.1) is 11.6 Å². The summed E-state index contributed by atoms with van der Waals surface area (Å²) < 4.78 is 39.8. The van der Waals surface area contributed by atoms with Crippen LogP contribution in [-0.2, 0) is 11.4 Å². The maximum absolute atomic E-state index is 13.7. The first-order valence-electron chi connectivity index (χ1n) is 12.0. The molecule has 2 heterocycles. The molecule has 0 N–H and O–H groups in total. The first kappa shape index (κ1) is 26.7. The Labute approximate surface area is 232 Å². The van der Waals surface area contributed by atoms with Crippen LogP contribution in [-0.4, -0.2) is 32.9 Å². The lowest BCUT2D eigenvalue weighted by Gasteiger charge is -2.10. The van der Waals surface area contributed by atoms with Crippen molar-refractivity contribution >= 4 is 40.4 Å². The number of methoxy groups -OCH3 is 1. The zero-order valence-corrected chi connectivity index (χ0v) is 21.8. The Balaban J connectivity index is 1.24. The van der Waals surface area contributed by atoms with Crippen molar-refractivity contribution in [3.8, 4) is 17.2 Å². The number of pyridine rings is 1. The number of ketones is 1. The largest absolute Gasteiger partial charge is 0.493 e. The summed E-state index contributed by atoms with van der Waals surface area (Å²) in [5, 5.41) is 9.91. The van der Waals surface area contributed by atoms with E-state index in [0.29, 0.717) is 27.8 Å². The third kappa shape index (κ3) is 6.22. The Morgan fingerprint density at radius 1 is 1.00 bits per heavy atom. The number of nitrogens with zero attached hydrogens (tertiary/aromatic N) is 4. The molecule has 0 saturated carbocycles. The van der Waals surface area contributed by atoms with Gasteiger partial charge in [0.2, 0.25) is 0 Å². The van der Waals surface area contributed by atoms with Gasteiger partial charge in [-0.1, -0.05) is 29.0 Å². The topological polar surface area (TPSA) is 79.1 Å². The number of aromatic nitrogens is 4. The van der Waals surface area contributed by atoms with Crippen LogP contribution in [0.5, 0.6) is 11.5 Å². The van der Waals surface area contributed by atoms with Crippen molar-refractivity contribution in [2.75, 3.05) is 7.11 Å². The van der Waals surface area contributed by atoms with Gasteiger partial charge in [-0.2, -0.15) is 0 Å². The second-order valence-corrected chi connectivity index (χ2v) is 9.02. The zero-order valence-electron chi connectivity index (χ0n) is 21.1. The van der Waals surface area contributed by atoms with Crippen LogP contribution in [0.3, 0.4) is 0 Å². The molecule has 0 fully saturated rings. The molecule has 10 heteroatoms. The maximum Gasteiger partial charge on any atom is 0.178 e. The lowest BCUT2D eigenvalue weighted by molar-refractivity contribution is -0.110. The highest BCUT2D eigenvalue weighted by atomic mass is 35.5. The van der Waals surface area contributed by atoms with E-state index in [1.165, 1.54) is 31.4 Å². The van der Waals surface area contributed by atoms with E-state index in [2.05, 4.69) is 15.3 Å². The van der Waals surface area contributed by atoms with Crippen molar-refractivity contribution in [2.24, 2.45) is 0 Å². The molecular weight excluding hydrogens is 538 g/mol. The van der Waals surface area contributed by atoms with Gasteiger partial charge in [-0.3, -0.25) is 9.78 Å². The lowest BCUT2D eigenvalue weighted by atomic mass is 10.1. The Hall–Kier alpha value is -4.89. The van der Waals surface area contributed by atoms with Crippen LogP contribution >= 0.6 is 11.6 Å². The number of halogens is 3. The van der Waals surface area contributed by atoms with Gasteiger partial charge in [0.25, 0.3) is 0 Å². The van der Waals surface area contributed by atoms with Gasteiger partial charge in [-0.05, 0) is 72.3 Å². The molecule has 0 saturated heterocycles. The minimum Gasteiger partial charge on any atom is -0.493 e. The summed E-state index contributed by atoms with van der Waals surface area (Å²) in [6, 6.07) is 15.6. The molecule has 5 rings (SSSR count). The number of benzene rings is 3. The molecule has 0 aliphatic carbocycles. The summed E-state index contributed by atoms with van der Waals surface area (Å²) in [5.74, 6) is -0.846. The van der Waals surface area contributed by atoms with Gasteiger partial charge in [-0.25, -0.2) is 13.5 Å². The predicted octanol–water partition coefficient (Wildman–Crippen LogP) is 6.63. The number of fused-ring (bicyclic) bond motifs is 1. The highest BCUT2D eigenvalue weighted by Gasteiger charge is 2.11. The van der Waals surface area contributed by atoms with E-state index in [0.717, 1.165) is 28.7 Å². The zero-order chi connectivity index (χ0) is 28.1. The Morgan fingerprint density at radius 3 is 2.67 bits per heavy atom. The standard InChI is InChI=1S/C30H21ClF2N4O3/c1-39-30-14-19(2-8-24(38)9-5-20-4-7-22(32)16-26(20)33)3-11-29(30)40-18-23-17-37(36-35-23)28-12-13-34-27-15-21(31)6-10-25(27)28/h2-17H,18H2,1H3/b8-2+,9-5+. The number of hydrogen-bond donors (Lipinski definition) is 0. The van der Waals surface area contributed by atoms with Crippen molar-refractivity contribution in [1.29, 1.82) is 0 Å². The number of rotatable bonds is 9. The minimum absolute atomic E-state index is 0.116. The van der Waals surface area contributed by atoms with E-state index in [4.69, 9.17) is 21.1 Å². The Kier molecular flexibility index (Phi) is 7.93. The maximum atomic E-state index is 13.7. The van der Waals surface area contributed by atoms with Crippen LogP contribution < -0.4 is 9.47 Å². The van der Waals surface area contributed by atoms with E-state index >= 15 is 0 Å². The van der Waals surface area contributed by atoms with Crippen molar-refractivity contribution in [1.82, 2.24) is 20.0 Å². The highest BCUT2D eigenvalue weighted by Crippen LogP contribution is 2.29. The summed E-state index contributed by atoms with van der Waals surface area (Å²) in [5.41, 5.74) is 2.96. The number of hydrogen-bond acceptors (Lipinski definition) is 6. The number of ether oxygens (including phenoxy) is 2. The van der Waals surface area contributed by atoms with Crippen molar-refractivity contribution < 1.29 is 23.0 Å². The molecule has 3 aromatic carbocycles. The lowest BCUT2D eigenvalue weighted by Crippen LogP contribution is -1.98. The van der Waals surface area contributed by atoms with E-state index < -0.39 is 11.6 Å². The first-order valence-corrected chi connectivity index (χ1v) is 12.4. The molecule has 2 aromatic heterocycles. The first-order chi connectivity index (χ1) is 19.4. The summed E-state index contributed by atoms with van der Waals surface area (Å²) in [7, 11) is 1.51. The van der Waals surface area contributed by atoms with Gasteiger partial charge in [0, 0.05) is 28.2 Å². The molecule has 0 atom stereocenters. The predicted molar refractivity (Wildman–Crippen MR) is 148 cm³/mol. The van der Waals surface area contributed by atoms with Gasteiger partial charge in [-0.15, -0.1) is 5.10 Å². The summed E-state index contributed by atoms with van der Waals surface area (Å²) >= 11 is 6.09. The summed E-state index contributed by atoms with van der Waals surface area (Å²) in [6.45, 7) is 0.142. The van der Waals surface area contributed by atoms with Gasteiger partial charge in [0.1, 0.15) is 23.9 Å². The van der Waals surface area contributed by atoms with Crippen LogP contribution in [0.15, 0.2) is 85.2 Å². The second kappa shape index (κ2) is 11.9. The molecule has 7 nitrogen and oxygen atoms in total. The van der Waals surface area contributed by atoms with Crippen molar-refractivity contribution in [3.05, 3.63) is 119 Å². The minimum atomic E-state index is -0.743. The fourth-order valence-electron chi connectivity index (χ4n) is 3.89. The summed E-state index contributed by atoms with van der Waals surface area (Å²) in [4.78, 5) is 16.5. The van der Waals surface area contributed by atoms with Gasteiger partial charge >= 0.3 is 0 Å². The highest BCUT2D eigenvalue weighted by molar-refractivity contribution is 6.31. The fourth-order valence-corrected chi connectivity index (χ4v) is 4.06. The van der Waals surface area contributed by atoms with Crippen molar-refractivity contribution in [2.45, 2.75) is 6.61 Å². The Morgan fingerprint density at radius 2 is 1.85 bits per heavy atom. The molecule has 40 heavy (non-hydrogen) atoms. The van der Waals surface area contributed by atoms with Crippen LogP contribution in [0.4, 0.5) is 8.78 Å². The molecule has 0 unspecified atom stereocenters. The van der Waals surface area contributed by atoms with Gasteiger partial charge in [0.05, 0.1) is 24.5 Å². The van der Waals surface area contributed by atoms with Crippen LogP contribution in [0.25, 0.3) is 28.7 Å². The van der Waals surface area contributed by atoms with Gasteiger partial charge in [0.15, 0.2) is 17.3 Å². The SMILES string of the molecule is COc1cc(/C=C/C(=O)/C=C/c2ccc(F)cc2F)ccc1OCc1cn(-c2ccnc3cc(Cl)ccc23)nn1. The van der Waals surface area contributed by atoms with Crippen molar-refractivity contribution in [3.63, 3.8) is 0 Å². The average Bonchev–Trinajstić information content (AvgIpc) is 3.43. The van der Waals surface area contributed by atoms with E-state index in [1.807, 2.05) is 12.1 Å². The smallest absolute Gasteiger partial charge is 0.178 e. The molecular formula is C30H21ClF2N4O3. The van der Waals surface area contributed by atoms with E-state index in [9.17, 15) is 13.6 Å². The summed E-state index contributed by atoms with van der Waals surface area (Å²) in [6.07, 6.45) is 8.88. The molecule has 0 aliphatic rings. The molecule has 0 bridgehead atoms. The Bertz CT molecular complexity index is 1770. The second-order valence-electron chi connectivity index (χ2n) is 8.58. The third-order valence-corrected chi connectivity index (χ3v) is 6.10. The van der Waals surface area contributed by atoms with Crippen LogP contribution in [0.1, 0.15) is 16.8 Å². The third-order valence-electron chi connectivity index (χ3n) is 5.86. The van der Waals surface area contributed by atoms with Crippen LogP contribution in [0.2, 0.25) is 5.02 Å². The normalized spacial score (nSPS) is 11.5. The molecule has 0 spiro atoms. The number of carbonyl (C=O) groups is 1. The van der Waals surface area contributed by atoms with Gasteiger partial charge < -0.3 is 9.47 Å².